The molecule has 0 fully saturated rings. The Balaban J connectivity index is 1.66. The van der Waals surface area contributed by atoms with E-state index < -0.39 is 0 Å². The van der Waals surface area contributed by atoms with Crippen LogP contribution >= 0.6 is 11.6 Å². The van der Waals surface area contributed by atoms with Crippen molar-refractivity contribution in [2.75, 3.05) is 20.6 Å². The van der Waals surface area contributed by atoms with Gasteiger partial charge < -0.3 is 9.47 Å². The fourth-order valence-electron chi connectivity index (χ4n) is 4.14. The molecule has 2 heterocycles. The summed E-state index contributed by atoms with van der Waals surface area (Å²) < 4.78 is 2.23. The molecular weight excluding hydrogens is 442 g/mol. The molecule has 34 heavy (non-hydrogen) atoms. The topological polar surface area (TPSA) is 38.1 Å². The Labute approximate surface area is 206 Å². The smallest absolute Gasteiger partial charge is 0.162 e. The maximum atomic E-state index is 12.6. The number of aryl methyl sites for hydroxylation is 1. The number of nitrogens with zero attached hydrogens (tertiary/aromatic N) is 3. The molecule has 0 saturated carbocycles. The largest absolute Gasteiger partial charge is 0.309 e. The van der Waals surface area contributed by atoms with Crippen LogP contribution in [-0.2, 0) is 0 Å². The molecule has 0 aliphatic heterocycles. The van der Waals surface area contributed by atoms with E-state index in [9.17, 15) is 4.79 Å². The Morgan fingerprint density at radius 3 is 2.09 bits per heavy atom. The third-order valence-electron chi connectivity index (χ3n) is 6.04. The van der Waals surface area contributed by atoms with E-state index in [1.165, 1.54) is 0 Å². The normalized spacial score (nSPS) is 11.2. The average molecular weight is 472 g/mol. The Kier molecular flexibility index (Phi) is 7.61. The monoisotopic (exact) mass is 471 g/mol. The highest BCUT2D eigenvalue weighted by Crippen LogP contribution is 2.34. The predicted molar refractivity (Wildman–Crippen MR) is 141 cm³/mol. The lowest BCUT2D eigenvalue weighted by atomic mass is 10.0. The first-order valence-electron chi connectivity index (χ1n) is 11.6. The summed E-state index contributed by atoms with van der Waals surface area (Å²) in [7, 11) is 4.11. The van der Waals surface area contributed by atoms with Crippen molar-refractivity contribution in [1.29, 1.82) is 0 Å². The Morgan fingerprint density at radius 1 is 0.882 bits per heavy atom. The van der Waals surface area contributed by atoms with Gasteiger partial charge in [0.05, 0.1) is 23.3 Å². The van der Waals surface area contributed by atoms with Crippen LogP contribution in [0.15, 0.2) is 79.1 Å². The number of carbonyl (C=O) groups excluding carboxylic acids is 1. The lowest BCUT2D eigenvalue weighted by molar-refractivity contribution is 0.0978. The molecule has 0 bridgehead atoms. The number of pyridine rings is 1. The van der Waals surface area contributed by atoms with E-state index in [4.69, 9.17) is 11.6 Å². The lowest BCUT2D eigenvalue weighted by Gasteiger charge is -2.16. The zero-order valence-corrected chi connectivity index (χ0v) is 20.7. The number of carbonyl (C=O) groups is 1. The van der Waals surface area contributed by atoms with Crippen LogP contribution in [-0.4, -0.2) is 40.9 Å². The average Bonchev–Trinajstić information content (AvgIpc) is 3.27. The Hall–Kier alpha value is -3.21. The molecule has 0 N–H and O–H groups in total. The minimum Gasteiger partial charge on any atom is -0.309 e. The SMILES string of the molecule is Cc1ccncc1-n1c(-c2ccc(Cl)cc2)ccc1-c1ccc(C(=O)CCCCN(C)C)cc1. The maximum absolute atomic E-state index is 12.6. The van der Waals surface area contributed by atoms with Crippen LogP contribution in [0.3, 0.4) is 0 Å². The van der Waals surface area contributed by atoms with Crippen LogP contribution in [0, 0.1) is 6.92 Å². The van der Waals surface area contributed by atoms with Crippen LogP contribution in [0.1, 0.15) is 35.2 Å². The van der Waals surface area contributed by atoms with Crippen LogP contribution in [0.2, 0.25) is 5.02 Å². The molecule has 2 aromatic heterocycles. The van der Waals surface area contributed by atoms with Crippen molar-refractivity contribution in [3.8, 4) is 28.2 Å². The highest BCUT2D eigenvalue weighted by Gasteiger charge is 2.16. The van der Waals surface area contributed by atoms with Gasteiger partial charge in [0, 0.05) is 23.2 Å². The second kappa shape index (κ2) is 10.8. The van der Waals surface area contributed by atoms with Crippen molar-refractivity contribution in [1.82, 2.24) is 14.5 Å². The van der Waals surface area contributed by atoms with Crippen molar-refractivity contribution in [3.63, 3.8) is 0 Å². The van der Waals surface area contributed by atoms with E-state index in [0.717, 1.165) is 58.7 Å². The molecule has 0 spiro atoms. The third kappa shape index (κ3) is 5.46. The van der Waals surface area contributed by atoms with Gasteiger partial charge in [0.2, 0.25) is 0 Å². The number of ketones is 1. The van der Waals surface area contributed by atoms with Crippen molar-refractivity contribution < 1.29 is 4.79 Å². The Morgan fingerprint density at radius 2 is 1.50 bits per heavy atom. The van der Waals surface area contributed by atoms with Gasteiger partial charge in [-0.1, -0.05) is 48.0 Å². The fourth-order valence-corrected chi connectivity index (χ4v) is 4.27. The van der Waals surface area contributed by atoms with E-state index in [1.54, 1.807) is 0 Å². The van der Waals surface area contributed by atoms with Gasteiger partial charge in [-0.3, -0.25) is 9.78 Å². The summed E-state index contributed by atoms with van der Waals surface area (Å²) in [6, 6.07) is 22.1. The molecule has 174 valence electrons. The second-order valence-electron chi connectivity index (χ2n) is 8.87. The van der Waals surface area contributed by atoms with Crippen LogP contribution in [0.25, 0.3) is 28.2 Å². The molecule has 0 atom stereocenters. The number of Topliss-reactive ketones (excluding diaryl/α,β-unsaturated/α-hetero) is 1. The molecule has 4 aromatic rings. The van der Waals surface area contributed by atoms with E-state index in [1.807, 2.05) is 67.0 Å². The van der Waals surface area contributed by atoms with E-state index in [0.29, 0.717) is 11.4 Å². The summed E-state index contributed by atoms with van der Waals surface area (Å²) in [5.41, 5.74) is 7.15. The highest BCUT2D eigenvalue weighted by atomic mass is 35.5. The minimum absolute atomic E-state index is 0.200. The quantitative estimate of drug-likeness (QED) is 0.193. The van der Waals surface area contributed by atoms with E-state index >= 15 is 0 Å². The summed E-state index contributed by atoms with van der Waals surface area (Å²) in [6.07, 6.45) is 6.22. The molecule has 4 nitrogen and oxygen atoms in total. The molecule has 5 heteroatoms. The zero-order valence-electron chi connectivity index (χ0n) is 20.0. The number of benzene rings is 2. The summed E-state index contributed by atoms with van der Waals surface area (Å²) >= 11 is 6.13. The maximum Gasteiger partial charge on any atom is 0.162 e. The lowest BCUT2D eigenvalue weighted by Crippen LogP contribution is -2.13. The number of unbranched alkanes of at least 4 members (excludes halogenated alkanes) is 1. The highest BCUT2D eigenvalue weighted by molar-refractivity contribution is 6.30. The standard InChI is InChI=1S/C29H30ClN3O/c1-21-17-18-31-20-28(21)33-26(15-16-27(33)23-11-13-25(30)14-12-23)22-7-9-24(10-8-22)29(34)6-4-5-19-32(2)3/h7-18,20H,4-6,19H2,1-3H3. The van der Waals surface area contributed by atoms with Crippen molar-refractivity contribution in [2.24, 2.45) is 0 Å². The Bertz CT molecular complexity index is 1260. The number of hydrogen-bond donors (Lipinski definition) is 0. The summed E-state index contributed by atoms with van der Waals surface area (Å²) in [5.74, 6) is 0.200. The van der Waals surface area contributed by atoms with Gasteiger partial charge in [0.1, 0.15) is 0 Å². The molecule has 0 aliphatic carbocycles. The minimum atomic E-state index is 0.200. The third-order valence-corrected chi connectivity index (χ3v) is 6.29. The summed E-state index contributed by atoms with van der Waals surface area (Å²) in [4.78, 5) is 19.2. The van der Waals surface area contributed by atoms with Crippen LogP contribution < -0.4 is 0 Å². The second-order valence-corrected chi connectivity index (χ2v) is 9.31. The zero-order chi connectivity index (χ0) is 24.1. The number of halogens is 1. The number of rotatable bonds is 9. The van der Waals surface area contributed by atoms with Crippen LogP contribution in [0.5, 0.6) is 0 Å². The first kappa shape index (κ1) is 23.9. The number of aromatic nitrogens is 2. The first-order chi connectivity index (χ1) is 16.4. The van der Waals surface area contributed by atoms with Gasteiger partial charge in [0.15, 0.2) is 5.78 Å². The van der Waals surface area contributed by atoms with Gasteiger partial charge in [0.25, 0.3) is 0 Å². The van der Waals surface area contributed by atoms with Gasteiger partial charge in [-0.25, -0.2) is 0 Å². The van der Waals surface area contributed by atoms with Gasteiger partial charge in [-0.2, -0.15) is 0 Å². The summed E-state index contributed by atoms with van der Waals surface area (Å²) in [6.45, 7) is 3.09. The van der Waals surface area contributed by atoms with Crippen molar-refractivity contribution in [3.05, 3.63) is 95.3 Å². The molecule has 0 aliphatic rings. The number of hydrogen-bond acceptors (Lipinski definition) is 3. The van der Waals surface area contributed by atoms with E-state index in [2.05, 4.69) is 47.6 Å². The van der Waals surface area contributed by atoms with Crippen LogP contribution in [0.4, 0.5) is 0 Å². The first-order valence-corrected chi connectivity index (χ1v) is 12.0. The van der Waals surface area contributed by atoms with E-state index in [-0.39, 0.29) is 5.78 Å². The van der Waals surface area contributed by atoms with Crippen molar-refractivity contribution in [2.45, 2.75) is 26.2 Å². The molecule has 2 aromatic carbocycles. The van der Waals surface area contributed by atoms with Gasteiger partial charge in [-0.05, 0) is 87.4 Å². The van der Waals surface area contributed by atoms with Gasteiger partial charge in [-0.15, -0.1) is 0 Å². The molecular formula is C29H30ClN3O. The summed E-state index contributed by atoms with van der Waals surface area (Å²) in [5, 5.41) is 0.710. The molecule has 0 radical (unpaired) electrons. The molecule has 0 saturated heterocycles. The molecule has 0 amide bonds. The van der Waals surface area contributed by atoms with Crippen molar-refractivity contribution >= 4 is 17.4 Å². The fraction of sp³-hybridized carbons (Fsp3) is 0.241. The molecule has 4 rings (SSSR count). The predicted octanol–water partition coefficient (Wildman–Crippen LogP) is 7.08. The molecule has 0 unspecified atom stereocenters. The van der Waals surface area contributed by atoms with Gasteiger partial charge >= 0.3 is 0 Å².